The molecule has 0 saturated carbocycles. The largest absolute Gasteiger partial charge is 0.321 e. The van der Waals surface area contributed by atoms with Gasteiger partial charge in [-0.05, 0) is 24.5 Å². The number of nitrogens with zero attached hydrogens (tertiary/aromatic N) is 3. The Morgan fingerprint density at radius 2 is 2.13 bits per heavy atom. The predicted octanol–water partition coefficient (Wildman–Crippen LogP) is 1.78. The monoisotopic (exact) mass is 204 g/mol. The molecule has 0 fully saturated rings. The Hall–Kier alpha value is -1.42. The molecule has 0 aliphatic carbocycles. The average molecular weight is 204 g/mol. The third-order valence-corrected chi connectivity index (χ3v) is 2.40. The van der Waals surface area contributed by atoms with Crippen LogP contribution in [0.4, 0.5) is 0 Å². The summed E-state index contributed by atoms with van der Waals surface area (Å²) in [7, 11) is 0. The molecule has 4 nitrogen and oxygen atoms in total. The molecule has 0 aliphatic heterocycles. The highest BCUT2D eigenvalue weighted by Crippen LogP contribution is 2.17. The maximum absolute atomic E-state index is 6.08. The molecule has 0 aromatic carbocycles. The van der Waals surface area contributed by atoms with E-state index in [-0.39, 0.29) is 6.04 Å². The Bertz CT molecular complexity index is 447. The summed E-state index contributed by atoms with van der Waals surface area (Å²) in [6.45, 7) is 4.31. The molecule has 0 bridgehead atoms. The zero-order valence-electron chi connectivity index (χ0n) is 9.09. The normalized spacial score (nSPS) is 13.6. The molecule has 2 rings (SSSR count). The smallest absolute Gasteiger partial charge is 0.160 e. The molecule has 2 aromatic rings. The van der Waals surface area contributed by atoms with Crippen molar-refractivity contribution in [2.24, 2.45) is 11.7 Å². The second-order valence-corrected chi connectivity index (χ2v) is 4.22. The summed E-state index contributed by atoms with van der Waals surface area (Å²) in [4.78, 5) is 0. The van der Waals surface area contributed by atoms with Gasteiger partial charge in [-0.1, -0.05) is 19.9 Å². The van der Waals surface area contributed by atoms with E-state index in [1.807, 2.05) is 28.8 Å². The first-order valence-corrected chi connectivity index (χ1v) is 5.23. The van der Waals surface area contributed by atoms with Gasteiger partial charge in [0.1, 0.15) is 0 Å². The van der Waals surface area contributed by atoms with Crippen LogP contribution in [-0.4, -0.2) is 14.6 Å². The van der Waals surface area contributed by atoms with Crippen LogP contribution < -0.4 is 5.73 Å². The lowest BCUT2D eigenvalue weighted by Gasteiger charge is -2.11. The Labute approximate surface area is 89.1 Å². The Morgan fingerprint density at radius 3 is 2.87 bits per heavy atom. The number of pyridine rings is 1. The summed E-state index contributed by atoms with van der Waals surface area (Å²) >= 11 is 0. The van der Waals surface area contributed by atoms with Gasteiger partial charge >= 0.3 is 0 Å². The van der Waals surface area contributed by atoms with E-state index in [0.717, 1.165) is 17.9 Å². The molecule has 0 saturated heterocycles. The number of rotatable bonds is 3. The van der Waals surface area contributed by atoms with Gasteiger partial charge in [-0.3, -0.25) is 4.40 Å². The zero-order chi connectivity index (χ0) is 10.8. The summed E-state index contributed by atoms with van der Waals surface area (Å²) in [5, 5.41) is 8.22. The first kappa shape index (κ1) is 10.1. The Balaban J connectivity index is 2.35. The van der Waals surface area contributed by atoms with Gasteiger partial charge in [0.2, 0.25) is 0 Å². The first-order chi connectivity index (χ1) is 7.18. The zero-order valence-corrected chi connectivity index (χ0v) is 9.09. The van der Waals surface area contributed by atoms with Gasteiger partial charge in [0.15, 0.2) is 11.5 Å². The summed E-state index contributed by atoms with van der Waals surface area (Å²) in [5.74, 6) is 1.41. The quantitative estimate of drug-likeness (QED) is 0.829. The fourth-order valence-corrected chi connectivity index (χ4v) is 1.73. The van der Waals surface area contributed by atoms with E-state index >= 15 is 0 Å². The predicted molar refractivity (Wildman–Crippen MR) is 59.4 cm³/mol. The lowest BCUT2D eigenvalue weighted by Crippen LogP contribution is -2.16. The molecule has 2 aromatic heterocycles. The summed E-state index contributed by atoms with van der Waals surface area (Å²) in [5.41, 5.74) is 6.94. The van der Waals surface area contributed by atoms with E-state index in [1.165, 1.54) is 0 Å². The van der Waals surface area contributed by atoms with Crippen molar-refractivity contribution in [1.82, 2.24) is 14.6 Å². The Kier molecular flexibility index (Phi) is 2.68. The molecule has 0 amide bonds. The number of aromatic nitrogens is 3. The molecule has 80 valence electrons. The van der Waals surface area contributed by atoms with Crippen LogP contribution in [0.15, 0.2) is 24.4 Å². The molecule has 2 N–H and O–H groups in total. The number of hydrogen-bond acceptors (Lipinski definition) is 3. The minimum atomic E-state index is -0.0394. The third kappa shape index (κ3) is 1.99. The molecule has 0 spiro atoms. The van der Waals surface area contributed by atoms with E-state index in [9.17, 15) is 0 Å². The van der Waals surface area contributed by atoms with Crippen molar-refractivity contribution >= 4 is 5.65 Å². The maximum Gasteiger partial charge on any atom is 0.160 e. The van der Waals surface area contributed by atoms with Gasteiger partial charge in [0.25, 0.3) is 0 Å². The van der Waals surface area contributed by atoms with Crippen molar-refractivity contribution in [1.29, 1.82) is 0 Å². The highest BCUT2D eigenvalue weighted by atomic mass is 15.3. The van der Waals surface area contributed by atoms with Crippen LogP contribution in [0.2, 0.25) is 0 Å². The second-order valence-electron chi connectivity index (χ2n) is 4.22. The molecule has 0 aliphatic rings. The highest BCUT2D eigenvalue weighted by molar-refractivity contribution is 5.37. The molecule has 0 unspecified atom stereocenters. The van der Waals surface area contributed by atoms with Gasteiger partial charge in [-0.15, -0.1) is 10.2 Å². The molecule has 0 radical (unpaired) electrons. The lowest BCUT2D eigenvalue weighted by molar-refractivity contribution is 0.490. The van der Waals surface area contributed by atoms with Gasteiger partial charge in [-0.25, -0.2) is 0 Å². The minimum absolute atomic E-state index is 0.0394. The van der Waals surface area contributed by atoms with Crippen LogP contribution in [0.5, 0.6) is 0 Å². The van der Waals surface area contributed by atoms with Crippen LogP contribution in [0.25, 0.3) is 5.65 Å². The van der Waals surface area contributed by atoms with Crippen molar-refractivity contribution in [2.45, 2.75) is 26.3 Å². The summed E-state index contributed by atoms with van der Waals surface area (Å²) in [6, 6.07) is 5.80. The average Bonchev–Trinajstić information content (AvgIpc) is 2.59. The van der Waals surface area contributed by atoms with Crippen LogP contribution in [0.3, 0.4) is 0 Å². The van der Waals surface area contributed by atoms with Crippen LogP contribution in [-0.2, 0) is 0 Å². The number of fused-ring (bicyclic) bond motifs is 1. The van der Waals surface area contributed by atoms with Crippen molar-refractivity contribution in [2.75, 3.05) is 0 Å². The number of nitrogens with two attached hydrogens (primary N) is 1. The summed E-state index contributed by atoms with van der Waals surface area (Å²) in [6.07, 6.45) is 2.88. The lowest BCUT2D eigenvalue weighted by atomic mass is 10.0. The van der Waals surface area contributed by atoms with Crippen LogP contribution >= 0.6 is 0 Å². The third-order valence-electron chi connectivity index (χ3n) is 2.40. The van der Waals surface area contributed by atoms with Crippen LogP contribution in [0.1, 0.15) is 32.1 Å². The van der Waals surface area contributed by atoms with Gasteiger partial charge in [0.05, 0.1) is 6.04 Å². The SMILES string of the molecule is CC(C)C[C@H](N)c1nnc2ccccn12. The second kappa shape index (κ2) is 3.98. The fourth-order valence-electron chi connectivity index (χ4n) is 1.73. The van der Waals surface area contributed by atoms with Gasteiger partial charge in [0, 0.05) is 6.20 Å². The van der Waals surface area contributed by atoms with Crippen molar-refractivity contribution < 1.29 is 0 Å². The topological polar surface area (TPSA) is 56.2 Å². The molecule has 2 heterocycles. The Morgan fingerprint density at radius 1 is 1.33 bits per heavy atom. The molecule has 1 atom stereocenters. The molecule has 4 heteroatoms. The maximum atomic E-state index is 6.08. The molecule has 15 heavy (non-hydrogen) atoms. The van der Waals surface area contributed by atoms with E-state index in [4.69, 9.17) is 5.73 Å². The number of hydrogen-bond donors (Lipinski definition) is 1. The summed E-state index contributed by atoms with van der Waals surface area (Å²) < 4.78 is 1.95. The first-order valence-electron chi connectivity index (χ1n) is 5.23. The van der Waals surface area contributed by atoms with E-state index in [1.54, 1.807) is 0 Å². The van der Waals surface area contributed by atoms with Gasteiger partial charge < -0.3 is 5.73 Å². The minimum Gasteiger partial charge on any atom is -0.321 e. The molecular formula is C11H16N4. The van der Waals surface area contributed by atoms with E-state index in [0.29, 0.717) is 5.92 Å². The van der Waals surface area contributed by atoms with Crippen molar-refractivity contribution in [3.63, 3.8) is 0 Å². The van der Waals surface area contributed by atoms with E-state index in [2.05, 4.69) is 24.0 Å². The fraction of sp³-hybridized carbons (Fsp3) is 0.455. The van der Waals surface area contributed by atoms with Crippen LogP contribution in [0, 0.1) is 5.92 Å². The van der Waals surface area contributed by atoms with Crippen molar-refractivity contribution in [3.8, 4) is 0 Å². The van der Waals surface area contributed by atoms with Crippen molar-refractivity contribution in [3.05, 3.63) is 30.2 Å². The van der Waals surface area contributed by atoms with E-state index < -0.39 is 0 Å². The molecular weight excluding hydrogens is 188 g/mol. The standard InChI is InChI=1S/C11H16N4/c1-8(2)7-9(12)11-14-13-10-5-3-4-6-15(10)11/h3-6,8-9H,7,12H2,1-2H3/t9-/m0/s1. The van der Waals surface area contributed by atoms with Gasteiger partial charge in [-0.2, -0.15) is 0 Å². The highest BCUT2D eigenvalue weighted by Gasteiger charge is 2.14.